The standard InChI is InChI=1S/C14H21BrN2O2/c1-3-17(14(18)10-11(2)16)8-9-19-13-6-4-12(15)5-7-13/h4-7,11H,3,8-10,16H2,1-2H3. The second-order valence-corrected chi connectivity index (χ2v) is 5.37. The Morgan fingerprint density at radius 1 is 1.42 bits per heavy atom. The molecule has 4 nitrogen and oxygen atoms in total. The summed E-state index contributed by atoms with van der Waals surface area (Å²) >= 11 is 3.37. The van der Waals surface area contributed by atoms with Gasteiger partial charge in [-0.05, 0) is 38.1 Å². The van der Waals surface area contributed by atoms with E-state index in [0.29, 0.717) is 26.1 Å². The van der Waals surface area contributed by atoms with Gasteiger partial charge in [-0.2, -0.15) is 0 Å². The van der Waals surface area contributed by atoms with Crippen LogP contribution in [0.2, 0.25) is 0 Å². The van der Waals surface area contributed by atoms with Crippen LogP contribution in [0.25, 0.3) is 0 Å². The van der Waals surface area contributed by atoms with E-state index in [1.807, 2.05) is 38.1 Å². The summed E-state index contributed by atoms with van der Waals surface area (Å²) in [5, 5.41) is 0. The Bertz CT molecular complexity index is 393. The molecule has 0 aliphatic rings. The van der Waals surface area contributed by atoms with Gasteiger partial charge in [0.2, 0.25) is 5.91 Å². The van der Waals surface area contributed by atoms with Crippen LogP contribution in [0.4, 0.5) is 0 Å². The number of rotatable bonds is 7. The average molecular weight is 329 g/mol. The van der Waals surface area contributed by atoms with Crippen LogP contribution >= 0.6 is 15.9 Å². The Balaban J connectivity index is 2.37. The number of hydrogen-bond donors (Lipinski definition) is 1. The largest absolute Gasteiger partial charge is 0.492 e. The van der Waals surface area contributed by atoms with Crippen molar-refractivity contribution in [3.8, 4) is 5.75 Å². The van der Waals surface area contributed by atoms with Crippen molar-refractivity contribution in [1.29, 1.82) is 0 Å². The molecule has 1 aromatic rings. The van der Waals surface area contributed by atoms with Crippen LogP contribution in [0.5, 0.6) is 5.75 Å². The zero-order valence-electron chi connectivity index (χ0n) is 11.4. The maximum Gasteiger partial charge on any atom is 0.224 e. The van der Waals surface area contributed by atoms with Crippen LogP contribution in [0.15, 0.2) is 28.7 Å². The van der Waals surface area contributed by atoms with E-state index >= 15 is 0 Å². The summed E-state index contributed by atoms with van der Waals surface area (Å²) in [6, 6.07) is 7.53. The van der Waals surface area contributed by atoms with Crippen LogP contribution < -0.4 is 10.5 Å². The van der Waals surface area contributed by atoms with Gasteiger partial charge in [-0.3, -0.25) is 4.79 Å². The number of amides is 1. The van der Waals surface area contributed by atoms with Crippen molar-refractivity contribution in [2.45, 2.75) is 26.3 Å². The molecule has 0 bridgehead atoms. The van der Waals surface area contributed by atoms with E-state index < -0.39 is 0 Å². The highest BCUT2D eigenvalue weighted by Crippen LogP contribution is 2.15. The quantitative estimate of drug-likeness (QED) is 0.836. The van der Waals surface area contributed by atoms with Gasteiger partial charge in [-0.15, -0.1) is 0 Å². The van der Waals surface area contributed by atoms with Gasteiger partial charge in [0.25, 0.3) is 0 Å². The number of ether oxygens (including phenoxy) is 1. The van der Waals surface area contributed by atoms with Crippen LogP contribution in [-0.4, -0.2) is 36.5 Å². The van der Waals surface area contributed by atoms with Crippen LogP contribution in [0.3, 0.4) is 0 Å². The summed E-state index contributed by atoms with van der Waals surface area (Å²) in [5.41, 5.74) is 5.64. The number of hydrogen-bond acceptors (Lipinski definition) is 3. The lowest BCUT2D eigenvalue weighted by Crippen LogP contribution is -2.37. The molecule has 0 aromatic heterocycles. The predicted molar refractivity (Wildman–Crippen MR) is 80.2 cm³/mol. The van der Waals surface area contributed by atoms with Crippen molar-refractivity contribution in [2.75, 3.05) is 19.7 Å². The molecule has 19 heavy (non-hydrogen) atoms. The third kappa shape index (κ3) is 6.07. The topological polar surface area (TPSA) is 55.6 Å². The number of carbonyl (C=O) groups excluding carboxylic acids is 1. The number of carbonyl (C=O) groups is 1. The lowest BCUT2D eigenvalue weighted by molar-refractivity contribution is -0.131. The highest BCUT2D eigenvalue weighted by Gasteiger charge is 2.13. The molecule has 5 heteroatoms. The SMILES string of the molecule is CCN(CCOc1ccc(Br)cc1)C(=O)CC(C)N. The van der Waals surface area contributed by atoms with Gasteiger partial charge in [0.15, 0.2) is 0 Å². The van der Waals surface area contributed by atoms with Gasteiger partial charge in [-0.1, -0.05) is 15.9 Å². The normalized spacial score (nSPS) is 12.0. The molecule has 0 aliphatic carbocycles. The fraction of sp³-hybridized carbons (Fsp3) is 0.500. The van der Waals surface area contributed by atoms with E-state index in [1.165, 1.54) is 0 Å². The number of nitrogens with two attached hydrogens (primary N) is 1. The van der Waals surface area contributed by atoms with Crippen molar-refractivity contribution in [3.63, 3.8) is 0 Å². The Hall–Kier alpha value is -1.07. The van der Waals surface area contributed by atoms with Crippen molar-refractivity contribution in [2.24, 2.45) is 5.73 Å². The molecule has 0 fully saturated rings. The zero-order chi connectivity index (χ0) is 14.3. The lowest BCUT2D eigenvalue weighted by atomic mass is 10.2. The molecular formula is C14H21BrN2O2. The minimum Gasteiger partial charge on any atom is -0.492 e. The summed E-state index contributed by atoms with van der Waals surface area (Å²) in [6.07, 6.45) is 0.381. The average Bonchev–Trinajstić information content (AvgIpc) is 2.36. The van der Waals surface area contributed by atoms with Crippen molar-refractivity contribution in [1.82, 2.24) is 4.90 Å². The van der Waals surface area contributed by atoms with E-state index in [-0.39, 0.29) is 11.9 Å². The number of benzene rings is 1. The van der Waals surface area contributed by atoms with Gasteiger partial charge < -0.3 is 15.4 Å². The Kier molecular flexibility index (Phi) is 6.87. The highest BCUT2D eigenvalue weighted by atomic mass is 79.9. The van der Waals surface area contributed by atoms with Crippen LogP contribution in [-0.2, 0) is 4.79 Å². The van der Waals surface area contributed by atoms with E-state index in [2.05, 4.69) is 15.9 Å². The fourth-order valence-corrected chi connectivity index (χ4v) is 1.93. The molecule has 2 N–H and O–H groups in total. The van der Waals surface area contributed by atoms with Crippen molar-refractivity contribution in [3.05, 3.63) is 28.7 Å². The molecule has 0 aliphatic heterocycles. The van der Waals surface area contributed by atoms with Gasteiger partial charge in [0.1, 0.15) is 12.4 Å². The summed E-state index contributed by atoms with van der Waals surface area (Å²) in [7, 11) is 0. The summed E-state index contributed by atoms with van der Waals surface area (Å²) in [6.45, 7) is 5.54. The van der Waals surface area contributed by atoms with Gasteiger partial charge in [-0.25, -0.2) is 0 Å². The van der Waals surface area contributed by atoms with E-state index in [9.17, 15) is 4.79 Å². The molecule has 0 radical (unpaired) electrons. The second kappa shape index (κ2) is 8.17. The molecule has 1 rings (SSSR count). The Morgan fingerprint density at radius 2 is 2.05 bits per heavy atom. The molecule has 0 spiro atoms. The third-order valence-electron chi connectivity index (χ3n) is 2.67. The number of likely N-dealkylation sites (N-methyl/N-ethyl adjacent to an activating group) is 1. The first-order chi connectivity index (χ1) is 9.02. The molecule has 106 valence electrons. The predicted octanol–water partition coefficient (Wildman–Crippen LogP) is 2.41. The molecule has 0 saturated carbocycles. The summed E-state index contributed by atoms with van der Waals surface area (Å²) in [5.74, 6) is 0.885. The van der Waals surface area contributed by atoms with E-state index in [0.717, 1.165) is 10.2 Å². The molecule has 1 aromatic carbocycles. The third-order valence-corrected chi connectivity index (χ3v) is 3.20. The van der Waals surface area contributed by atoms with E-state index in [4.69, 9.17) is 10.5 Å². The Labute approximate surface area is 123 Å². The number of halogens is 1. The zero-order valence-corrected chi connectivity index (χ0v) is 13.0. The Morgan fingerprint density at radius 3 is 2.58 bits per heavy atom. The van der Waals surface area contributed by atoms with Gasteiger partial charge in [0, 0.05) is 23.5 Å². The monoisotopic (exact) mass is 328 g/mol. The molecule has 0 saturated heterocycles. The maximum atomic E-state index is 11.9. The molecule has 1 atom stereocenters. The first-order valence-electron chi connectivity index (χ1n) is 6.44. The lowest BCUT2D eigenvalue weighted by Gasteiger charge is -2.22. The van der Waals surface area contributed by atoms with E-state index in [1.54, 1.807) is 4.90 Å². The van der Waals surface area contributed by atoms with Crippen LogP contribution in [0, 0.1) is 0 Å². The fourth-order valence-electron chi connectivity index (χ4n) is 1.67. The van der Waals surface area contributed by atoms with Crippen molar-refractivity contribution >= 4 is 21.8 Å². The molecular weight excluding hydrogens is 308 g/mol. The first-order valence-corrected chi connectivity index (χ1v) is 7.24. The number of nitrogens with zero attached hydrogens (tertiary/aromatic N) is 1. The summed E-state index contributed by atoms with van der Waals surface area (Å²) < 4.78 is 6.62. The van der Waals surface area contributed by atoms with Gasteiger partial charge >= 0.3 is 0 Å². The first kappa shape index (κ1) is 16.0. The molecule has 0 heterocycles. The van der Waals surface area contributed by atoms with Crippen LogP contribution in [0.1, 0.15) is 20.3 Å². The van der Waals surface area contributed by atoms with Gasteiger partial charge in [0.05, 0.1) is 6.54 Å². The molecule has 1 amide bonds. The minimum atomic E-state index is -0.103. The maximum absolute atomic E-state index is 11.9. The molecule has 1 unspecified atom stereocenters. The smallest absolute Gasteiger partial charge is 0.224 e. The van der Waals surface area contributed by atoms with Crippen molar-refractivity contribution < 1.29 is 9.53 Å². The minimum absolute atomic E-state index is 0.0805. The summed E-state index contributed by atoms with van der Waals surface area (Å²) in [4.78, 5) is 13.6. The highest BCUT2D eigenvalue weighted by molar-refractivity contribution is 9.10. The second-order valence-electron chi connectivity index (χ2n) is 4.46.